The van der Waals surface area contributed by atoms with Crippen molar-refractivity contribution in [3.05, 3.63) is 52.0 Å². The van der Waals surface area contributed by atoms with E-state index in [1.54, 1.807) is 14.0 Å². The van der Waals surface area contributed by atoms with Crippen molar-refractivity contribution in [1.29, 1.82) is 0 Å². The van der Waals surface area contributed by atoms with Gasteiger partial charge in [0.15, 0.2) is 0 Å². The van der Waals surface area contributed by atoms with Gasteiger partial charge in [-0.3, -0.25) is 4.90 Å². The van der Waals surface area contributed by atoms with E-state index in [2.05, 4.69) is 19.8 Å². The van der Waals surface area contributed by atoms with Crippen molar-refractivity contribution < 1.29 is 8.42 Å². The summed E-state index contributed by atoms with van der Waals surface area (Å²) in [6.45, 7) is 6.13. The number of likely N-dealkylation sites (N-methyl/N-ethyl adjacent to an activating group) is 1. The van der Waals surface area contributed by atoms with Crippen LogP contribution in [0.4, 0.5) is 5.95 Å². The molecule has 1 aliphatic heterocycles. The van der Waals surface area contributed by atoms with E-state index in [4.69, 9.17) is 23.2 Å². The fraction of sp³-hybridized carbons (Fsp3) is 0.381. The molecule has 2 aromatic carbocycles. The number of hydrogen-bond acceptors (Lipinski definition) is 5. The second kappa shape index (κ2) is 8.96. The van der Waals surface area contributed by atoms with Crippen LogP contribution < -0.4 is 4.90 Å². The molecular formula is C21H25Cl2N5O2S. The first kappa shape index (κ1) is 22.4. The summed E-state index contributed by atoms with van der Waals surface area (Å²) in [7, 11) is -2.10. The van der Waals surface area contributed by atoms with Gasteiger partial charge in [0.1, 0.15) is 4.90 Å². The molecule has 1 saturated heterocycles. The summed E-state index contributed by atoms with van der Waals surface area (Å²) in [5.41, 5.74) is 2.67. The van der Waals surface area contributed by atoms with E-state index < -0.39 is 10.0 Å². The molecular weight excluding hydrogens is 457 g/mol. The van der Waals surface area contributed by atoms with E-state index in [0.29, 0.717) is 23.7 Å². The first-order chi connectivity index (χ1) is 14.8. The monoisotopic (exact) mass is 481 g/mol. The van der Waals surface area contributed by atoms with Crippen molar-refractivity contribution in [3.63, 3.8) is 0 Å². The Morgan fingerprint density at radius 2 is 1.81 bits per heavy atom. The molecule has 7 nitrogen and oxygen atoms in total. The summed E-state index contributed by atoms with van der Waals surface area (Å²) in [5.74, 6) is 0.883. The van der Waals surface area contributed by atoms with Gasteiger partial charge in [-0.2, -0.15) is 4.31 Å². The number of halogens is 2. The van der Waals surface area contributed by atoms with Crippen LogP contribution in [0.25, 0.3) is 11.0 Å². The van der Waals surface area contributed by atoms with Crippen molar-refractivity contribution in [1.82, 2.24) is 19.2 Å². The van der Waals surface area contributed by atoms with Crippen LogP contribution in [0.1, 0.15) is 5.56 Å². The fourth-order valence-electron chi connectivity index (χ4n) is 3.67. The number of aryl methyl sites for hydroxylation is 1. The maximum absolute atomic E-state index is 13.0. The molecule has 1 N–H and O–H groups in total. The molecule has 2 heterocycles. The lowest BCUT2D eigenvalue weighted by molar-refractivity contribution is 0.243. The lowest BCUT2D eigenvalue weighted by Gasteiger charge is -2.35. The number of H-pyrrole nitrogens is 1. The topological polar surface area (TPSA) is 72.5 Å². The van der Waals surface area contributed by atoms with Crippen LogP contribution in [-0.2, 0) is 10.0 Å². The number of nitrogens with one attached hydrogen (secondary N) is 1. The lowest BCUT2D eigenvalue weighted by Crippen LogP contribution is -2.49. The number of hydrogen-bond donors (Lipinski definition) is 1. The quantitative estimate of drug-likeness (QED) is 0.581. The van der Waals surface area contributed by atoms with Crippen molar-refractivity contribution >= 4 is 50.2 Å². The Labute approximate surface area is 192 Å². The summed E-state index contributed by atoms with van der Waals surface area (Å²) in [6.07, 6.45) is 0. The molecule has 0 atom stereocenters. The molecule has 4 rings (SSSR count). The molecule has 1 aliphatic rings. The first-order valence-electron chi connectivity index (χ1n) is 10.1. The fourth-order valence-corrected chi connectivity index (χ4v) is 5.64. The Morgan fingerprint density at radius 3 is 2.52 bits per heavy atom. The highest BCUT2D eigenvalue weighted by atomic mass is 35.5. The molecule has 10 heteroatoms. The van der Waals surface area contributed by atoms with Crippen LogP contribution in [0.3, 0.4) is 0 Å². The SMILES string of the molecule is Cc1cc(S(=O)(=O)N(C)CCN2CCN(c3nc4ccccc4[nH]3)CC2)c(Cl)cc1Cl. The van der Waals surface area contributed by atoms with Crippen molar-refractivity contribution in [2.24, 2.45) is 0 Å². The molecule has 3 aromatic rings. The van der Waals surface area contributed by atoms with Gasteiger partial charge < -0.3 is 9.88 Å². The van der Waals surface area contributed by atoms with Crippen LogP contribution in [0.5, 0.6) is 0 Å². The van der Waals surface area contributed by atoms with Gasteiger partial charge in [0, 0.05) is 51.3 Å². The molecule has 0 spiro atoms. The number of aromatic amines is 1. The maximum Gasteiger partial charge on any atom is 0.244 e. The molecule has 0 aliphatic carbocycles. The highest BCUT2D eigenvalue weighted by Crippen LogP contribution is 2.29. The number of sulfonamides is 1. The molecule has 166 valence electrons. The highest BCUT2D eigenvalue weighted by molar-refractivity contribution is 7.89. The van der Waals surface area contributed by atoms with E-state index in [-0.39, 0.29) is 9.92 Å². The summed E-state index contributed by atoms with van der Waals surface area (Å²) in [5, 5.41) is 0.593. The Kier molecular flexibility index (Phi) is 6.46. The molecule has 1 fully saturated rings. The number of benzene rings is 2. The summed E-state index contributed by atoms with van der Waals surface area (Å²) in [6, 6.07) is 11.0. The number of para-hydroxylation sites is 2. The molecule has 0 saturated carbocycles. The van der Waals surface area contributed by atoms with Gasteiger partial charge >= 0.3 is 0 Å². The van der Waals surface area contributed by atoms with Crippen molar-refractivity contribution in [2.45, 2.75) is 11.8 Å². The molecule has 0 amide bonds. The Bertz CT molecular complexity index is 1160. The van der Waals surface area contributed by atoms with E-state index in [1.165, 1.54) is 16.4 Å². The minimum atomic E-state index is -3.69. The number of anilines is 1. The Morgan fingerprint density at radius 1 is 1.10 bits per heavy atom. The largest absolute Gasteiger partial charge is 0.340 e. The smallest absolute Gasteiger partial charge is 0.244 e. The number of rotatable bonds is 6. The zero-order valence-corrected chi connectivity index (χ0v) is 19.8. The molecule has 0 radical (unpaired) electrons. The predicted molar refractivity (Wildman–Crippen MR) is 126 cm³/mol. The van der Waals surface area contributed by atoms with Gasteiger partial charge in [-0.15, -0.1) is 0 Å². The molecule has 0 bridgehead atoms. The normalized spacial score (nSPS) is 15.8. The van der Waals surface area contributed by atoms with Gasteiger partial charge in [0.05, 0.1) is 16.1 Å². The van der Waals surface area contributed by atoms with Crippen molar-refractivity contribution in [2.75, 3.05) is 51.2 Å². The summed E-state index contributed by atoms with van der Waals surface area (Å²) in [4.78, 5) is 12.6. The highest BCUT2D eigenvalue weighted by Gasteiger charge is 2.26. The second-order valence-corrected chi connectivity index (χ2v) is 10.6. The Hall–Kier alpha value is -1.84. The number of piperazine rings is 1. The standard InChI is InChI=1S/C21H25Cl2N5O2S/c1-15-13-20(17(23)14-16(15)22)31(29,30)26(2)7-8-27-9-11-28(12-10-27)21-24-18-5-3-4-6-19(18)25-21/h3-6,13-14H,7-12H2,1-2H3,(H,24,25). The zero-order valence-electron chi connectivity index (χ0n) is 17.5. The van der Waals surface area contributed by atoms with E-state index >= 15 is 0 Å². The van der Waals surface area contributed by atoms with Gasteiger partial charge in [-0.25, -0.2) is 13.4 Å². The molecule has 1 aromatic heterocycles. The summed E-state index contributed by atoms with van der Waals surface area (Å²) < 4.78 is 27.3. The average molecular weight is 482 g/mol. The minimum absolute atomic E-state index is 0.0910. The molecule has 31 heavy (non-hydrogen) atoms. The summed E-state index contributed by atoms with van der Waals surface area (Å²) >= 11 is 12.2. The lowest BCUT2D eigenvalue weighted by atomic mass is 10.2. The third-order valence-corrected chi connectivity index (χ3v) is 8.41. The third kappa shape index (κ3) is 4.68. The number of aromatic nitrogens is 2. The van der Waals surface area contributed by atoms with E-state index in [9.17, 15) is 8.42 Å². The first-order valence-corrected chi connectivity index (χ1v) is 12.3. The van der Waals surface area contributed by atoms with Crippen LogP contribution in [0.2, 0.25) is 10.0 Å². The number of fused-ring (bicyclic) bond motifs is 1. The van der Waals surface area contributed by atoms with E-state index in [1.807, 2.05) is 24.3 Å². The van der Waals surface area contributed by atoms with Crippen LogP contribution in [-0.4, -0.2) is 73.9 Å². The predicted octanol–water partition coefficient (Wildman–Crippen LogP) is 3.62. The second-order valence-electron chi connectivity index (χ2n) is 7.76. The zero-order chi connectivity index (χ0) is 22.2. The van der Waals surface area contributed by atoms with Crippen LogP contribution >= 0.6 is 23.2 Å². The average Bonchev–Trinajstić information content (AvgIpc) is 3.19. The number of imidazole rings is 1. The minimum Gasteiger partial charge on any atom is -0.340 e. The van der Waals surface area contributed by atoms with Gasteiger partial charge in [0.2, 0.25) is 16.0 Å². The van der Waals surface area contributed by atoms with Gasteiger partial charge in [-0.05, 0) is 36.8 Å². The molecule has 0 unspecified atom stereocenters. The van der Waals surface area contributed by atoms with E-state index in [0.717, 1.165) is 43.2 Å². The van der Waals surface area contributed by atoms with Gasteiger partial charge in [0.25, 0.3) is 0 Å². The van der Waals surface area contributed by atoms with Gasteiger partial charge in [-0.1, -0.05) is 35.3 Å². The maximum atomic E-state index is 13.0. The van der Waals surface area contributed by atoms with Crippen molar-refractivity contribution in [3.8, 4) is 0 Å². The number of nitrogens with zero attached hydrogens (tertiary/aromatic N) is 4. The van der Waals surface area contributed by atoms with Crippen LogP contribution in [0.15, 0.2) is 41.3 Å². The van der Waals surface area contributed by atoms with Crippen LogP contribution in [0, 0.1) is 6.92 Å². The third-order valence-electron chi connectivity index (χ3n) is 5.68. The Balaban J connectivity index is 1.34.